The second-order valence-corrected chi connectivity index (χ2v) is 6.06. The minimum absolute atomic E-state index is 0.283. The lowest BCUT2D eigenvalue weighted by atomic mass is 10.1. The predicted octanol–water partition coefficient (Wildman–Crippen LogP) is 4.06. The van der Waals surface area contributed by atoms with Crippen molar-refractivity contribution in [2.45, 2.75) is 19.5 Å². The molecule has 100 valence electrons. The Morgan fingerprint density at radius 3 is 2.84 bits per heavy atom. The second-order valence-electron chi connectivity index (χ2n) is 4.23. The minimum Gasteiger partial charge on any atom is -0.478 e. The van der Waals surface area contributed by atoms with E-state index in [4.69, 9.17) is 5.11 Å². The zero-order valence-corrected chi connectivity index (χ0v) is 12.8. The summed E-state index contributed by atoms with van der Waals surface area (Å²) in [5.74, 6) is -0.910. The molecule has 3 nitrogen and oxygen atoms in total. The van der Waals surface area contributed by atoms with Gasteiger partial charge in [-0.2, -0.15) is 0 Å². The molecule has 0 aliphatic carbocycles. The van der Waals surface area contributed by atoms with Crippen LogP contribution in [-0.2, 0) is 6.54 Å². The van der Waals surface area contributed by atoms with Crippen molar-refractivity contribution in [2.24, 2.45) is 0 Å². The van der Waals surface area contributed by atoms with Gasteiger partial charge < -0.3 is 10.4 Å². The fraction of sp³-hybridized carbons (Fsp3) is 0.214. The normalized spacial score (nSPS) is 12.3. The highest BCUT2D eigenvalue weighted by Gasteiger charge is 2.09. The van der Waals surface area contributed by atoms with Gasteiger partial charge in [-0.3, -0.25) is 0 Å². The summed E-state index contributed by atoms with van der Waals surface area (Å²) in [7, 11) is 0. The lowest BCUT2D eigenvalue weighted by Gasteiger charge is -2.13. The highest BCUT2D eigenvalue weighted by molar-refractivity contribution is 9.10. The molecular formula is C14H14BrNO2S. The molecule has 0 radical (unpaired) electrons. The summed E-state index contributed by atoms with van der Waals surface area (Å²) >= 11 is 5.14. The first-order valence-corrected chi connectivity index (χ1v) is 7.53. The van der Waals surface area contributed by atoms with Crippen molar-refractivity contribution >= 4 is 33.2 Å². The Bertz CT molecular complexity index is 569. The molecule has 0 fully saturated rings. The van der Waals surface area contributed by atoms with Crippen molar-refractivity contribution in [3.8, 4) is 0 Å². The third-order valence-corrected chi connectivity index (χ3v) is 4.66. The molecule has 0 saturated carbocycles. The van der Waals surface area contributed by atoms with Crippen LogP contribution in [0.5, 0.6) is 0 Å². The van der Waals surface area contributed by atoms with E-state index in [0.29, 0.717) is 12.1 Å². The van der Waals surface area contributed by atoms with Gasteiger partial charge >= 0.3 is 5.97 Å². The Morgan fingerprint density at radius 1 is 1.47 bits per heavy atom. The molecule has 0 unspecified atom stereocenters. The average Bonchev–Trinajstić information content (AvgIpc) is 2.90. The number of rotatable bonds is 5. The van der Waals surface area contributed by atoms with Gasteiger partial charge in [-0.15, -0.1) is 11.3 Å². The van der Waals surface area contributed by atoms with Crippen LogP contribution in [0.15, 0.2) is 40.2 Å². The van der Waals surface area contributed by atoms with Gasteiger partial charge in [-0.05, 0) is 36.1 Å². The van der Waals surface area contributed by atoms with Gasteiger partial charge in [0.1, 0.15) is 0 Å². The Labute approximate surface area is 124 Å². The molecule has 1 atom stereocenters. The smallest absolute Gasteiger partial charge is 0.335 e. The fourth-order valence-corrected chi connectivity index (χ4v) is 3.00. The van der Waals surface area contributed by atoms with Crippen LogP contribution >= 0.6 is 27.3 Å². The number of halogens is 1. The van der Waals surface area contributed by atoms with E-state index in [1.165, 1.54) is 4.88 Å². The molecule has 0 aliphatic rings. The summed E-state index contributed by atoms with van der Waals surface area (Å²) in [6.45, 7) is 2.81. The summed E-state index contributed by atoms with van der Waals surface area (Å²) in [5, 5.41) is 14.4. The minimum atomic E-state index is -0.910. The summed E-state index contributed by atoms with van der Waals surface area (Å²) < 4.78 is 0.818. The Kier molecular flexibility index (Phi) is 4.74. The van der Waals surface area contributed by atoms with Gasteiger partial charge in [0.2, 0.25) is 0 Å². The molecule has 0 bridgehead atoms. The van der Waals surface area contributed by atoms with Crippen LogP contribution < -0.4 is 5.32 Å². The number of aromatic carboxylic acids is 1. The van der Waals surface area contributed by atoms with Gasteiger partial charge in [0.15, 0.2) is 0 Å². The van der Waals surface area contributed by atoms with Crippen LogP contribution in [0.2, 0.25) is 0 Å². The van der Waals surface area contributed by atoms with E-state index in [1.807, 2.05) is 12.1 Å². The summed E-state index contributed by atoms with van der Waals surface area (Å²) in [5.41, 5.74) is 1.34. The summed E-state index contributed by atoms with van der Waals surface area (Å²) in [6.07, 6.45) is 0. The number of nitrogens with one attached hydrogen (secondary N) is 1. The number of hydrogen-bond acceptors (Lipinski definition) is 3. The van der Waals surface area contributed by atoms with E-state index in [0.717, 1.165) is 10.0 Å². The third-order valence-electron chi connectivity index (χ3n) is 2.87. The standard InChI is InChI=1S/C14H14BrNO2S/c1-9(13-3-2-6-19-13)16-8-11-5-4-10(14(17)18)7-12(11)15/h2-7,9,16H,8H2,1H3,(H,17,18)/t9-/m0/s1. The molecule has 0 aliphatic heterocycles. The molecule has 0 amide bonds. The van der Waals surface area contributed by atoms with E-state index < -0.39 is 5.97 Å². The molecule has 1 aromatic carbocycles. The number of benzene rings is 1. The molecular weight excluding hydrogens is 326 g/mol. The maximum atomic E-state index is 10.9. The van der Waals surface area contributed by atoms with Crippen LogP contribution in [0.4, 0.5) is 0 Å². The zero-order valence-electron chi connectivity index (χ0n) is 10.4. The molecule has 2 aromatic rings. The lowest BCUT2D eigenvalue weighted by molar-refractivity contribution is 0.0697. The van der Waals surface area contributed by atoms with Crippen molar-refractivity contribution in [1.82, 2.24) is 5.32 Å². The number of carboxylic acid groups (broad SMARTS) is 1. The van der Waals surface area contributed by atoms with E-state index in [1.54, 1.807) is 23.5 Å². The van der Waals surface area contributed by atoms with E-state index in [2.05, 4.69) is 39.6 Å². The first kappa shape index (κ1) is 14.2. The molecule has 1 aromatic heterocycles. The monoisotopic (exact) mass is 339 g/mol. The lowest BCUT2D eigenvalue weighted by Crippen LogP contribution is -2.17. The largest absolute Gasteiger partial charge is 0.478 e. The molecule has 2 N–H and O–H groups in total. The van der Waals surface area contributed by atoms with Crippen molar-refractivity contribution < 1.29 is 9.90 Å². The van der Waals surface area contributed by atoms with Crippen LogP contribution in [0, 0.1) is 0 Å². The Hall–Kier alpha value is -1.17. The van der Waals surface area contributed by atoms with Crippen LogP contribution in [0.1, 0.15) is 33.8 Å². The third kappa shape index (κ3) is 3.65. The zero-order chi connectivity index (χ0) is 13.8. The first-order chi connectivity index (χ1) is 9.08. The van der Waals surface area contributed by atoms with Crippen molar-refractivity contribution in [3.63, 3.8) is 0 Å². The first-order valence-electron chi connectivity index (χ1n) is 5.86. The van der Waals surface area contributed by atoms with E-state index in [9.17, 15) is 4.79 Å². The quantitative estimate of drug-likeness (QED) is 0.863. The number of thiophene rings is 1. The van der Waals surface area contributed by atoms with Crippen molar-refractivity contribution in [1.29, 1.82) is 0 Å². The molecule has 2 rings (SSSR count). The molecule has 1 heterocycles. The SMILES string of the molecule is C[C@H](NCc1ccc(C(=O)O)cc1Br)c1cccs1. The summed E-state index contributed by atoms with van der Waals surface area (Å²) in [6, 6.07) is 9.52. The average molecular weight is 340 g/mol. The van der Waals surface area contributed by atoms with Crippen LogP contribution in [0.3, 0.4) is 0 Å². The fourth-order valence-electron chi connectivity index (χ4n) is 1.73. The number of carbonyl (C=O) groups is 1. The molecule has 0 spiro atoms. The highest BCUT2D eigenvalue weighted by Crippen LogP contribution is 2.22. The van der Waals surface area contributed by atoms with Gasteiger partial charge in [0.05, 0.1) is 5.56 Å². The van der Waals surface area contributed by atoms with Gasteiger partial charge in [0, 0.05) is 21.9 Å². The molecule has 0 saturated heterocycles. The molecule has 19 heavy (non-hydrogen) atoms. The Balaban J connectivity index is 2.02. The van der Waals surface area contributed by atoms with E-state index >= 15 is 0 Å². The number of hydrogen-bond donors (Lipinski definition) is 2. The van der Waals surface area contributed by atoms with Crippen molar-refractivity contribution in [2.75, 3.05) is 0 Å². The molecule has 5 heteroatoms. The second kappa shape index (κ2) is 6.32. The highest BCUT2D eigenvalue weighted by atomic mass is 79.9. The topological polar surface area (TPSA) is 49.3 Å². The maximum Gasteiger partial charge on any atom is 0.335 e. The van der Waals surface area contributed by atoms with Crippen molar-refractivity contribution in [3.05, 3.63) is 56.2 Å². The number of carboxylic acids is 1. The Morgan fingerprint density at radius 2 is 2.26 bits per heavy atom. The van der Waals surface area contributed by atoms with Gasteiger partial charge in [-0.1, -0.05) is 28.1 Å². The predicted molar refractivity (Wildman–Crippen MR) is 80.7 cm³/mol. The van der Waals surface area contributed by atoms with Gasteiger partial charge in [-0.25, -0.2) is 4.79 Å². The van der Waals surface area contributed by atoms with Gasteiger partial charge in [0.25, 0.3) is 0 Å². The van der Waals surface area contributed by atoms with Crippen LogP contribution in [0.25, 0.3) is 0 Å². The van der Waals surface area contributed by atoms with E-state index in [-0.39, 0.29) is 6.04 Å². The maximum absolute atomic E-state index is 10.9. The van der Waals surface area contributed by atoms with Crippen LogP contribution in [-0.4, -0.2) is 11.1 Å². The summed E-state index contributed by atoms with van der Waals surface area (Å²) in [4.78, 5) is 12.1.